The minimum Gasteiger partial charge on any atom is -0.406 e. The molecular weight excluding hydrogens is 424 g/mol. The van der Waals surface area contributed by atoms with Gasteiger partial charge in [0.05, 0.1) is 5.56 Å². The molecule has 0 saturated carbocycles. The summed E-state index contributed by atoms with van der Waals surface area (Å²) in [6.07, 6.45) is 0.00845. The Hall–Kier alpha value is -2.40. The van der Waals surface area contributed by atoms with Crippen molar-refractivity contribution in [1.82, 2.24) is 20.4 Å². The largest absolute Gasteiger partial charge is 0.406 e. The molecule has 2 aliphatic heterocycles. The molecule has 2 aliphatic rings. The fourth-order valence-corrected chi connectivity index (χ4v) is 3.37. The highest BCUT2D eigenvalue weighted by Gasteiger charge is 2.33. The number of halogens is 2. The Bertz CT molecular complexity index is 867. The highest BCUT2D eigenvalue weighted by atomic mass is 32.1. The molecular formula is C21H29F2N5O2S. The molecule has 2 aromatic carbocycles. The van der Waals surface area contributed by atoms with Crippen LogP contribution in [0.4, 0.5) is 13.6 Å². The van der Waals surface area contributed by atoms with Gasteiger partial charge in [0.1, 0.15) is 17.8 Å². The van der Waals surface area contributed by atoms with Gasteiger partial charge in [-0.25, -0.2) is 13.6 Å². The summed E-state index contributed by atoms with van der Waals surface area (Å²) in [5.41, 5.74) is 9.19. The minimum absolute atomic E-state index is 0.0381. The number of nitrogens with one attached hydrogen (secondary N) is 3. The fraction of sp³-hybridized carbons (Fsp3) is 0.381. The number of hydrogen-bond acceptors (Lipinski definition) is 6. The molecule has 170 valence electrons. The zero-order chi connectivity index (χ0) is 23.0. The van der Waals surface area contributed by atoms with Gasteiger partial charge in [-0.05, 0) is 37.2 Å². The molecule has 0 aliphatic carbocycles. The minimum atomic E-state index is -0.732. The maximum atomic E-state index is 14.3. The van der Waals surface area contributed by atoms with Crippen molar-refractivity contribution in [2.24, 2.45) is 5.73 Å². The molecule has 0 radical (unpaired) electrons. The van der Waals surface area contributed by atoms with E-state index in [2.05, 4.69) is 28.3 Å². The molecule has 2 atom stereocenters. The number of nitrogens with zero attached hydrogens (tertiary/aromatic N) is 1. The Morgan fingerprint density at radius 2 is 1.84 bits per heavy atom. The first kappa shape index (κ1) is 24.9. The Kier molecular flexibility index (Phi) is 9.50. The summed E-state index contributed by atoms with van der Waals surface area (Å²) in [5.74, 6) is -0.949. The zero-order valence-corrected chi connectivity index (χ0v) is 18.7. The van der Waals surface area contributed by atoms with Crippen LogP contribution >= 0.6 is 12.8 Å². The molecule has 0 spiro atoms. The number of fused-ring (bicyclic) bond motifs is 1. The number of amides is 2. The number of rotatable bonds is 2. The van der Waals surface area contributed by atoms with Gasteiger partial charge in [0.25, 0.3) is 0 Å². The summed E-state index contributed by atoms with van der Waals surface area (Å²) in [6.45, 7) is 5.03. The SMILES string of the molecule is CC.CNS.N[C@H]1CCN(C(=O)NC2NOc3cccc(-c4c(F)cccc4F)c32)C1. The van der Waals surface area contributed by atoms with Crippen LogP contribution in [0.2, 0.25) is 0 Å². The number of nitrogens with two attached hydrogens (primary N) is 1. The molecule has 10 heteroatoms. The van der Waals surface area contributed by atoms with Crippen LogP contribution in [0.1, 0.15) is 32.0 Å². The number of urea groups is 1. The maximum absolute atomic E-state index is 14.3. The number of carbonyl (C=O) groups excluding carboxylic acids is 1. The van der Waals surface area contributed by atoms with E-state index in [9.17, 15) is 13.6 Å². The lowest BCUT2D eigenvalue weighted by atomic mass is 9.96. The standard InChI is InChI=1S/C18H18F2N4O2.C2H6.CH5NS/c19-12-4-2-5-13(20)15(12)11-3-1-6-14-16(11)17(23-26-14)22-18(25)24-8-7-10(21)9-24;1-2;1-2-3/h1-6,10,17,23H,7-9,21H2,(H,22,25);1-2H3;2-3H,1H3/t10-,17?;;/m0../s1. The highest BCUT2D eigenvalue weighted by Crippen LogP contribution is 2.39. The number of thiol groups is 1. The predicted molar refractivity (Wildman–Crippen MR) is 120 cm³/mol. The van der Waals surface area contributed by atoms with Gasteiger partial charge in [-0.15, -0.1) is 5.48 Å². The summed E-state index contributed by atoms with van der Waals surface area (Å²) in [6, 6.07) is 8.26. The van der Waals surface area contributed by atoms with E-state index in [4.69, 9.17) is 10.6 Å². The molecule has 7 nitrogen and oxygen atoms in total. The average molecular weight is 454 g/mol. The van der Waals surface area contributed by atoms with E-state index >= 15 is 0 Å². The topological polar surface area (TPSA) is 91.7 Å². The van der Waals surface area contributed by atoms with Gasteiger partial charge in [0, 0.05) is 24.7 Å². The van der Waals surface area contributed by atoms with Gasteiger partial charge in [-0.2, -0.15) is 0 Å². The van der Waals surface area contributed by atoms with Crippen LogP contribution in [0.3, 0.4) is 0 Å². The molecule has 1 fully saturated rings. The second-order valence-corrected chi connectivity index (χ2v) is 7.08. The molecule has 1 saturated heterocycles. The number of hydrogen-bond donors (Lipinski definition) is 5. The molecule has 1 unspecified atom stereocenters. The monoisotopic (exact) mass is 453 g/mol. The lowest BCUT2D eigenvalue weighted by molar-refractivity contribution is 0.163. The molecule has 0 aromatic heterocycles. The van der Waals surface area contributed by atoms with Crippen molar-refractivity contribution >= 4 is 18.8 Å². The van der Waals surface area contributed by atoms with Crippen molar-refractivity contribution in [2.75, 3.05) is 20.1 Å². The lowest BCUT2D eigenvalue weighted by Crippen LogP contribution is -2.44. The average Bonchev–Trinajstić information content (AvgIpc) is 3.37. The van der Waals surface area contributed by atoms with Gasteiger partial charge in [0.15, 0.2) is 5.75 Å². The number of carbonyl (C=O) groups is 1. The molecule has 5 N–H and O–H groups in total. The van der Waals surface area contributed by atoms with E-state index < -0.39 is 17.8 Å². The third-order valence-electron chi connectivity index (χ3n) is 4.65. The summed E-state index contributed by atoms with van der Waals surface area (Å²) in [7, 11) is 1.74. The molecule has 31 heavy (non-hydrogen) atoms. The maximum Gasteiger partial charge on any atom is 0.319 e. The van der Waals surface area contributed by atoms with Crippen LogP contribution in [0.15, 0.2) is 36.4 Å². The zero-order valence-electron chi connectivity index (χ0n) is 17.8. The van der Waals surface area contributed by atoms with E-state index in [1.54, 1.807) is 30.1 Å². The lowest BCUT2D eigenvalue weighted by Gasteiger charge is -2.21. The number of benzene rings is 2. The van der Waals surface area contributed by atoms with E-state index in [-0.39, 0.29) is 17.6 Å². The predicted octanol–water partition coefficient (Wildman–Crippen LogP) is 3.35. The normalized spacial score (nSPS) is 18.7. The summed E-state index contributed by atoms with van der Waals surface area (Å²) in [4.78, 5) is 19.4. The quantitative estimate of drug-likeness (QED) is 0.450. The Morgan fingerprint density at radius 3 is 2.42 bits per heavy atom. The van der Waals surface area contributed by atoms with Gasteiger partial charge >= 0.3 is 6.03 Å². The second kappa shape index (κ2) is 11.8. The van der Waals surface area contributed by atoms with Crippen LogP contribution in [-0.4, -0.2) is 37.1 Å². The van der Waals surface area contributed by atoms with E-state index in [0.29, 0.717) is 30.0 Å². The smallest absolute Gasteiger partial charge is 0.319 e. The third kappa shape index (κ3) is 5.85. The van der Waals surface area contributed by atoms with Crippen molar-refractivity contribution in [3.05, 3.63) is 53.6 Å². The third-order valence-corrected chi connectivity index (χ3v) is 4.65. The van der Waals surface area contributed by atoms with E-state index in [1.165, 1.54) is 18.2 Å². The van der Waals surface area contributed by atoms with Crippen LogP contribution in [0.25, 0.3) is 11.1 Å². The van der Waals surface area contributed by atoms with E-state index in [1.807, 2.05) is 13.8 Å². The van der Waals surface area contributed by atoms with Crippen LogP contribution in [0, 0.1) is 11.6 Å². The summed E-state index contributed by atoms with van der Waals surface area (Å²) >= 11 is 3.54. The molecule has 2 amide bonds. The van der Waals surface area contributed by atoms with Crippen molar-refractivity contribution in [2.45, 2.75) is 32.5 Å². The molecule has 0 bridgehead atoms. The fourth-order valence-electron chi connectivity index (χ4n) is 3.37. The molecule has 2 aromatic rings. The summed E-state index contributed by atoms with van der Waals surface area (Å²) < 4.78 is 31.0. The van der Waals surface area contributed by atoms with Crippen LogP contribution in [-0.2, 0) is 0 Å². The Morgan fingerprint density at radius 1 is 1.23 bits per heavy atom. The van der Waals surface area contributed by atoms with Gasteiger partial charge in [0.2, 0.25) is 0 Å². The van der Waals surface area contributed by atoms with Crippen molar-refractivity contribution < 1.29 is 18.4 Å². The number of likely N-dealkylation sites (tertiary alicyclic amines) is 1. The summed E-state index contributed by atoms with van der Waals surface area (Å²) in [5, 5.41) is 2.80. The molecule has 2 heterocycles. The van der Waals surface area contributed by atoms with Crippen molar-refractivity contribution in [3.63, 3.8) is 0 Å². The van der Waals surface area contributed by atoms with E-state index in [0.717, 1.165) is 6.42 Å². The Balaban J connectivity index is 0.000000630. The van der Waals surface area contributed by atoms with Crippen molar-refractivity contribution in [3.8, 4) is 16.9 Å². The van der Waals surface area contributed by atoms with Crippen LogP contribution < -0.4 is 26.1 Å². The van der Waals surface area contributed by atoms with Gasteiger partial charge in [-0.3, -0.25) is 4.72 Å². The second-order valence-electron chi connectivity index (χ2n) is 6.63. The number of hydroxylamine groups is 1. The van der Waals surface area contributed by atoms with Gasteiger partial charge < -0.3 is 20.8 Å². The first-order valence-electron chi connectivity index (χ1n) is 10.1. The molecule has 4 rings (SSSR count). The Labute approximate surface area is 186 Å². The van der Waals surface area contributed by atoms with Crippen molar-refractivity contribution in [1.29, 1.82) is 0 Å². The van der Waals surface area contributed by atoms with Crippen LogP contribution in [0.5, 0.6) is 5.75 Å². The van der Waals surface area contributed by atoms with Gasteiger partial charge in [-0.1, -0.05) is 44.9 Å². The first-order chi connectivity index (χ1) is 15.0. The first-order valence-corrected chi connectivity index (χ1v) is 10.5. The highest BCUT2D eigenvalue weighted by molar-refractivity contribution is 7.78.